The van der Waals surface area contributed by atoms with Crippen LogP contribution in [0.15, 0.2) is 23.4 Å². The van der Waals surface area contributed by atoms with Crippen molar-refractivity contribution in [1.82, 2.24) is 14.8 Å². The van der Waals surface area contributed by atoms with Crippen LogP contribution in [0.25, 0.3) is 0 Å². The molecule has 8 heteroatoms. The van der Waals surface area contributed by atoms with E-state index in [1.807, 2.05) is 0 Å². The van der Waals surface area contributed by atoms with E-state index in [4.69, 9.17) is 23.2 Å². The number of carbonyl (C=O) groups excluding carboxylic acids is 1. The third kappa shape index (κ3) is 4.72. The molecule has 0 aliphatic heterocycles. The van der Waals surface area contributed by atoms with Gasteiger partial charge in [-0.3, -0.25) is 4.79 Å². The highest BCUT2D eigenvalue weighted by molar-refractivity contribution is 7.99. The minimum absolute atomic E-state index is 0.135. The van der Waals surface area contributed by atoms with E-state index >= 15 is 0 Å². The fourth-order valence-corrected chi connectivity index (χ4v) is 4.54. The number of amides is 1. The van der Waals surface area contributed by atoms with Gasteiger partial charge >= 0.3 is 0 Å². The maximum atomic E-state index is 12.3. The molecule has 140 valence electrons. The summed E-state index contributed by atoms with van der Waals surface area (Å²) in [5.74, 6) is 1.68. The SMILES string of the molecule is CCn1c(SCC(=O)Nc2ccc(Cl)cc2Cl)nnc1C1CCCCC1. The van der Waals surface area contributed by atoms with Crippen LogP contribution >= 0.6 is 35.0 Å². The lowest BCUT2D eigenvalue weighted by molar-refractivity contribution is -0.113. The van der Waals surface area contributed by atoms with E-state index in [0.29, 0.717) is 21.7 Å². The van der Waals surface area contributed by atoms with Gasteiger partial charge < -0.3 is 9.88 Å². The molecule has 0 saturated heterocycles. The number of hydrogen-bond acceptors (Lipinski definition) is 4. The highest BCUT2D eigenvalue weighted by Gasteiger charge is 2.23. The van der Waals surface area contributed by atoms with Crippen molar-refractivity contribution in [3.63, 3.8) is 0 Å². The van der Waals surface area contributed by atoms with Gasteiger partial charge in [-0.25, -0.2) is 0 Å². The summed E-state index contributed by atoms with van der Waals surface area (Å²) in [5.41, 5.74) is 0.557. The number of thioether (sulfide) groups is 1. The van der Waals surface area contributed by atoms with E-state index in [2.05, 4.69) is 27.0 Å². The molecule has 3 rings (SSSR count). The van der Waals surface area contributed by atoms with E-state index < -0.39 is 0 Å². The summed E-state index contributed by atoms with van der Waals surface area (Å²) >= 11 is 13.4. The van der Waals surface area contributed by atoms with Gasteiger partial charge in [0.05, 0.1) is 16.5 Å². The lowest BCUT2D eigenvalue weighted by Gasteiger charge is -2.21. The van der Waals surface area contributed by atoms with E-state index in [1.54, 1.807) is 18.2 Å². The lowest BCUT2D eigenvalue weighted by Crippen LogP contribution is -2.15. The maximum Gasteiger partial charge on any atom is 0.234 e. The fraction of sp³-hybridized carbons (Fsp3) is 0.500. The van der Waals surface area contributed by atoms with Crippen LogP contribution in [-0.2, 0) is 11.3 Å². The Morgan fingerprint density at radius 3 is 2.73 bits per heavy atom. The van der Waals surface area contributed by atoms with Crippen molar-refractivity contribution in [3.8, 4) is 0 Å². The van der Waals surface area contributed by atoms with Gasteiger partial charge in [-0.15, -0.1) is 10.2 Å². The summed E-state index contributed by atoms with van der Waals surface area (Å²) in [6.07, 6.45) is 6.18. The maximum absolute atomic E-state index is 12.3. The first-order valence-electron chi connectivity index (χ1n) is 8.89. The molecule has 0 atom stereocenters. The number of benzene rings is 1. The average Bonchev–Trinajstić information content (AvgIpc) is 3.06. The molecule has 1 aromatic heterocycles. The monoisotopic (exact) mass is 412 g/mol. The highest BCUT2D eigenvalue weighted by atomic mass is 35.5. The molecule has 1 N–H and O–H groups in total. The molecule has 1 amide bonds. The summed E-state index contributed by atoms with van der Waals surface area (Å²) in [6, 6.07) is 5.00. The molecular weight excluding hydrogens is 391 g/mol. The first-order chi connectivity index (χ1) is 12.6. The zero-order valence-electron chi connectivity index (χ0n) is 14.7. The molecule has 1 aliphatic carbocycles. The summed E-state index contributed by atoms with van der Waals surface area (Å²) in [7, 11) is 0. The number of nitrogens with one attached hydrogen (secondary N) is 1. The summed E-state index contributed by atoms with van der Waals surface area (Å²) in [5, 5.41) is 13.3. The van der Waals surface area contributed by atoms with Gasteiger partial charge in [0.1, 0.15) is 5.82 Å². The van der Waals surface area contributed by atoms with Crippen LogP contribution in [0.5, 0.6) is 0 Å². The van der Waals surface area contributed by atoms with Gasteiger partial charge in [-0.05, 0) is 38.0 Å². The van der Waals surface area contributed by atoms with Crippen molar-refractivity contribution in [3.05, 3.63) is 34.1 Å². The van der Waals surface area contributed by atoms with Crippen LogP contribution in [-0.4, -0.2) is 26.4 Å². The number of hydrogen-bond donors (Lipinski definition) is 1. The lowest BCUT2D eigenvalue weighted by atomic mass is 9.89. The number of nitrogens with zero attached hydrogens (tertiary/aromatic N) is 3. The Kier molecular flexibility index (Phi) is 6.84. The normalized spacial score (nSPS) is 15.2. The van der Waals surface area contributed by atoms with Crippen molar-refractivity contribution >= 4 is 46.6 Å². The van der Waals surface area contributed by atoms with Gasteiger partial charge in [0.25, 0.3) is 0 Å². The third-order valence-electron chi connectivity index (χ3n) is 4.57. The van der Waals surface area contributed by atoms with Crippen LogP contribution in [0.1, 0.15) is 50.8 Å². The van der Waals surface area contributed by atoms with Gasteiger partial charge in [0.15, 0.2) is 5.16 Å². The van der Waals surface area contributed by atoms with Crippen molar-refractivity contribution in [2.75, 3.05) is 11.1 Å². The Morgan fingerprint density at radius 1 is 1.27 bits per heavy atom. The van der Waals surface area contributed by atoms with Crippen molar-refractivity contribution in [2.24, 2.45) is 0 Å². The molecular formula is C18H22Cl2N4OS. The van der Waals surface area contributed by atoms with Crippen LogP contribution in [0.3, 0.4) is 0 Å². The second kappa shape index (κ2) is 9.11. The molecule has 1 saturated carbocycles. The van der Waals surface area contributed by atoms with Crippen LogP contribution in [0, 0.1) is 0 Å². The first kappa shape index (κ1) is 19.5. The van der Waals surface area contributed by atoms with Gasteiger partial charge in [0, 0.05) is 17.5 Å². The molecule has 0 spiro atoms. The van der Waals surface area contributed by atoms with Gasteiger partial charge in [-0.1, -0.05) is 54.2 Å². The van der Waals surface area contributed by atoms with Crippen LogP contribution in [0.4, 0.5) is 5.69 Å². The number of carbonyl (C=O) groups is 1. The molecule has 2 aromatic rings. The van der Waals surface area contributed by atoms with Crippen molar-refractivity contribution in [1.29, 1.82) is 0 Å². The van der Waals surface area contributed by atoms with E-state index in [0.717, 1.165) is 17.5 Å². The van der Waals surface area contributed by atoms with E-state index in [1.165, 1.54) is 43.9 Å². The van der Waals surface area contributed by atoms with Crippen LogP contribution < -0.4 is 5.32 Å². The van der Waals surface area contributed by atoms with Crippen LogP contribution in [0.2, 0.25) is 10.0 Å². The predicted octanol–water partition coefficient (Wildman–Crippen LogP) is 5.38. The molecule has 0 unspecified atom stereocenters. The van der Waals surface area contributed by atoms with Crippen molar-refractivity contribution < 1.29 is 4.79 Å². The van der Waals surface area contributed by atoms with Gasteiger partial charge in [-0.2, -0.15) is 0 Å². The Hall–Kier alpha value is -1.24. The standard InChI is InChI=1S/C18H22Cl2N4OS/c1-2-24-17(12-6-4-3-5-7-12)22-23-18(24)26-11-16(25)21-15-9-8-13(19)10-14(15)20/h8-10,12H,2-7,11H2,1H3,(H,21,25). The minimum Gasteiger partial charge on any atom is -0.324 e. The quantitative estimate of drug-likeness (QED) is 0.646. The molecule has 1 aliphatic rings. The van der Waals surface area contributed by atoms with Gasteiger partial charge in [0.2, 0.25) is 5.91 Å². The Morgan fingerprint density at radius 2 is 2.04 bits per heavy atom. The number of aromatic nitrogens is 3. The second-order valence-electron chi connectivity index (χ2n) is 6.38. The second-order valence-corrected chi connectivity index (χ2v) is 8.17. The smallest absolute Gasteiger partial charge is 0.234 e. The first-order valence-corrected chi connectivity index (χ1v) is 10.6. The molecule has 1 heterocycles. The molecule has 5 nitrogen and oxygen atoms in total. The number of halogens is 2. The predicted molar refractivity (Wildman–Crippen MR) is 107 cm³/mol. The molecule has 0 bridgehead atoms. The topological polar surface area (TPSA) is 59.8 Å². The van der Waals surface area contributed by atoms with Crippen molar-refractivity contribution in [2.45, 2.75) is 56.6 Å². The number of rotatable bonds is 6. The zero-order chi connectivity index (χ0) is 18.5. The largest absolute Gasteiger partial charge is 0.324 e. The summed E-state index contributed by atoms with van der Waals surface area (Å²) in [6.45, 7) is 2.90. The third-order valence-corrected chi connectivity index (χ3v) is 6.08. The fourth-order valence-electron chi connectivity index (χ4n) is 3.27. The molecule has 0 radical (unpaired) electrons. The molecule has 1 fully saturated rings. The van der Waals surface area contributed by atoms with E-state index in [-0.39, 0.29) is 11.7 Å². The Bertz CT molecular complexity index is 775. The zero-order valence-corrected chi connectivity index (χ0v) is 17.0. The summed E-state index contributed by atoms with van der Waals surface area (Å²) in [4.78, 5) is 12.3. The Balaban J connectivity index is 1.62. The number of anilines is 1. The Labute approximate surface area is 167 Å². The molecule has 1 aromatic carbocycles. The van der Waals surface area contributed by atoms with E-state index in [9.17, 15) is 4.79 Å². The average molecular weight is 413 g/mol. The molecule has 26 heavy (non-hydrogen) atoms. The summed E-state index contributed by atoms with van der Waals surface area (Å²) < 4.78 is 2.14. The minimum atomic E-state index is -0.135. The highest BCUT2D eigenvalue weighted by Crippen LogP contribution is 2.33.